The monoisotopic (exact) mass is 231 g/mol. The number of nitrogens with zero attached hydrogens (tertiary/aromatic N) is 1. The first kappa shape index (κ1) is 9.49. The van der Waals surface area contributed by atoms with E-state index in [1.54, 1.807) is 18.2 Å². The normalized spacial score (nSPS) is 10.5. The van der Waals surface area contributed by atoms with E-state index in [9.17, 15) is 4.39 Å². The number of rotatable bonds is 1. The molecule has 0 amide bonds. The first-order valence-corrected chi connectivity index (χ1v) is 4.51. The van der Waals surface area contributed by atoms with E-state index in [0.29, 0.717) is 0 Å². The molecule has 0 unspecified atom stereocenters. The summed E-state index contributed by atoms with van der Waals surface area (Å²) in [5.74, 6) is -0.417. The van der Waals surface area contributed by atoms with Crippen LogP contribution in [0.25, 0.3) is 11.3 Å². The van der Waals surface area contributed by atoms with Crippen molar-refractivity contribution in [2.45, 2.75) is 0 Å². The van der Waals surface area contributed by atoms with Crippen molar-refractivity contribution in [1.82, 2.24) is 5.16 Å². The van der Waals surface area contributed by atoms with Crippen molar-refractivity contribution in [1.29, 1.82) is 0 Å². The Balaban J connectivity index is 2.60. The van der Waals surface area contributed by atoms with Crippen molar-refractivity contribution in [2.24, 2.45) is 0 Å². The quantitative estimate of drug-likeness (QED) is 0.747. The van der Waals surface area contributed by atoms with Crippen molar-refractivity contribution < 1.29 is 8.91 Å². The van der Waals surface area contributed by atoms with Crippen LogP contribution in [-0.2, 0) is 0 Å². The van der Waals surface area contributed by atoms with Gasteiger partial charge in [0.1, 0.15) is 16.5 Å². The molecule has 1 aromatic heterocycles. The molecule has 0 N–H and O–H groups in total. The van der Waals surface area contributed by atoms with Gasteiger partial charge in [-0.2, -0.15) is 0 Å². The topological polar surface area (TPSA) is 26.0 Å². The second kappa shape index (κ2) is 3.59. The lowest BCUT2D eigenvalue weighted by molar-refractivity contribution is 0.423. The van der Waals surface area contributed by atoms with Crippen molar-refractivity contribution in [3.05, 3.63) is 40.3 Å². The Morgan fingerprint density at radius 1 is 1.21 bits per heavy atom. The number of halogens is 3. The highest BCUT2D eigenvalue weighted by molar-refractivity contribution is 6.42. The summed E-state index contributed by atoms with van der Waals surface area (Å²) in [6.45, 7) is 0. The summed E-state index contributed by atoms with van der Waals surface area (Å²) in [5.41, 5.74) is 0.489. The largest absolute Gasteiger partial charge is 0.342 e. The molecule has 72 valence electrons. The fourth-order valence-electron chi connectivity index (χ4n) is 1.08. The molecule has 1 heterocycles. The van der Waals surface area contributed by atoms with Crippen LogP contribution in [0.15, 0.2) is 28.8 Å². The van der Waals surface area contributed by atoms with Crippen LogP contribution in [0.1, 0.15) is 0 Å². The zero-order valence-corrected chi connectivity index (χ0v) is 8.31. The predicted octanol–water partition coefficient (Wildman–Crippen LogP) is 3.79. The summed E-state index contributed by atoms with van der Waals surface area (Å²) in [7, 11) is 0. The average molecular weight is 232 g/mol. The SMILES string of the molecule is Fc1ccccc1-c1noc(Cl)c1Cl. The summed E-state index contributed by atoms with van der Waals surface area (Å²) < 4.78 is 17.9. The lowest BCUT2D eigenvalue weighted by Gasteiger charge is -1.97. The summed E-state index contributed by atoms with van der Waals surface area (Å²) in [6.07, 6.45) is 0. The van der Waals surface area contributed by atoms with Gasteiger partial charge in [-0.05, 0) is 23.7 Å². The molecule has 0 saturated heterocycles. The third-order valence-electron chi connectivity index (χ3n) is 1.73. The fraction of sp³-hybridized carbons (Fsp3) is 0. The minimum absolute atomic E-state index is 0.0371. The number of aromatic nitrogens is 1. The molecule has 0 radical (unpaired) electrons. The van der Waals surface area contributed by atoms with Crippen LogP contribution < -0.4 is 0 Å². The van der Waals surface area contributed by atoms with E-state index >= 15 is 0 Å². The fourth-order valence-corrected chi connectivity index (χ4v) is 1.37. The molecular formula is C9H4Cl2FNO. The van der Waals surface area contributed by atoms with Crippen LogP contribution in [0.4, 0.5) is 4.39 Å². The van der Waals surface area contributed by atoms with Crippen LogP contribution in [-0.4, -0.2) is 5.16 Å². The highest BCUT2D eigenvalue weighted by Gasteiger charge is 2.16. The van der Waals surface area contributed by atoms with Crippen molar-refractivity contribution in [2.75, 3.05) is 0 Å². The number of hydrogen-bond acceptors (Lipinski definition) is 2. The van der Waals surface area contributed by atoms with Gasteiger partial charge in [-0.25, -0.2) is 4.39 Å². The van der Waals surface area contributed by atoms with Crippen LogP contribution in [0.2, 0.25) is 10.2 Å². The third-order valence-corrected chi connectivity index (χ3v) is 2.43. The molecule has 0 atom stereocenters. The maximum atomic E-state index is 13.3. The van der Waals surface area contributed by atoms with Gasteiger partial charge in [0.25, 0.3) is 0 Å². The van der Waals surface area contributed by atoms with Crippen molar-refractivity contribution in [3.8, 4) is 11.3 Å². The lowest BCUT2D eigenvalue weighted by Crippen LogP contribution is -1.83. The molecular weight excluding hydrogens is 228 g/mol. The molecule has 0 saturated carbocycles. The van der Waals surface area contributed by atoms with Crippen molar-refractivity contribution >= 4 is 23.2 Å². The Morgan fingerprint density at radius 2 is 1.93 bits per heavy atom. The van der Waals surface area contributed by atoms with Crippen molar-refractivity contribution in [3.63, 3.8) is 0 Å². The van der Waals surface area contributed by atoms with E-state index in [1.165, 1.54) is 6.07 Å². The van der Waals surface area contributed by atoms with E-state index in [1.807, 2.05) is 0 Å². The second-order valence-electron chi connectivity index (χ2n) is 2.60. The molecule has 2 rings (SSSR count). The summed E-state index contributed by atoms with van der Waals surface area (Å²) in [4.78, 5) is 0. The molecule has 2 nitrogen and oxygen atoms in total. The third kappa shape index (κ3) is 1.49. The molecule has 0 spiro atoms. The molecule has 0 aliphatic carbocycles. The predicted molar refractivity (Wildman–Crippen MR) is 51.9 cm³/mol. The Kier molecular flexibility index (Phi) is 2.44. The van der Waals surface area contributed by atoms with Gasteiger partial charge >= 0.3 is 0 Å². The van der Waals surface area contributed by atoms with Crippen LogP contribution >= 0.6 is 23.2 Å². The first-order chi connectivity index (χ1) is 6.70. The van der Waals surface area contributed by atoms with Gasteiger partial charge in [-0.3, -0.25) is 0 Å². The minimum Gasteiger partial charge on any atom is -0.342 e. The summed E-state index contributed by atoms with van der Waals surface area (Å²) in [6, 6.07) is 6.12. The Hall–Kier alpha value is -1.06. The van der Waals surface area contributed by atoms with E-state index in [0.717, 1.165) is 0 Å². The molecule has 14 heavy (non-hydrogen) atoms. The van der Waals surface area contributed by atoms with E-state index in [-0.39, 0.29) is 21.5 Å². The van der Waals surface area contributed by atoms with Gasteiger partial charge < -0.3 is 4.52 Å². The highest BCUT2D eigenvalue weighted by atomic mass is 35.5. The van der Waals surface area contributed by atoms with Crippen LogP contribution in [0.3, 0.4) is 0 Å². The molecule has 0 aliphatic heterocycles. The molecule has 1 aromatic carbocycles. The van der Waals surface area contributed by atoms with E-state index < -0.39 is 5.82 Å². The van der Waals surface area contributed by atoms with Gasteiger partial charge in [0.2, 0.25) is 5.22 Å². The molecule has 2 aromatic rings. The van der Waals surface area contributed by atoms with Gasteiger partial charge in [-0.1, -0.05) is 28.9 Å². The van der Waals surface area contributed by atoms with Gasteiger partial charge in [0.05, 0.1) is 0 Å². The highest BCUT2D eigenvalue weighted by Crippen LogP contribution is 2.33. The summed E-state index contributed by atoms with van der Waals surface area (Å²) >= 11 is 11.3. The Morgan fingerprint density at radius 3 is 2.50 bits per heavy atom. The molecule has 0 aliphatic rings. The first-order valence-electron chi connectivity index (χ1n) is 3.75. The van der Waals surface area contributed by atoms with E-state index in [2.05, 4.69) is 9.68 Å². The zero-order chi connectivity index (χ0) is 10.1. The number of benzene rings is 1. The maximum absolute atomic E-state index is 13.3. The van der Waals surface area contributed by atoms with E-state index in [4.69, 9.17) is 23.2 Å². The molecule has 0 bridgehead atoms. The maximum Gasteiger partial charge on any atom is 0.245 e. The molecule has 0 fully saturated rings. The number of hydrogen-bond donors (Lipinski definition) is 0. The Bertz CT molecular complexity index is 470. The Labute approximate surface area is 89.2 Å². The standard InChI is InChI=1S/C9H4Cl2FNO/c10-7-8(13-14-9(7)11)5-3-1-2-4-6(5)12/h1-4H. The van der Waals surface area contributed by atoms with Gasteiger partial charge in [0.15, 0.2) is 0 Å². The smallest absolute Gasteiger partial charge is 0.245 e. The van der Waals surface area contributed by atoms with Crippen LogP contribution in [0.5, 0.6) is 0 Å². The average Bonchev–Trinajstić information content (AvgIpc) is 2.49. The van der Waals surface area contributed by atoms with Gasteiger partial charge in [0, 0.05) is 5.56 Å². The second-order valence-corrected chi connectivity index (χ2v) is 3.32. The zero-order valence-electron chi connectivity index (χ0n) is 6.80. The molecule has 5 heteroatoms. The van der Waals surface area contributed by atoms with Crippen LogP contribution in [0, 0.1) is 5.82 Å². The lowest BCUT2D eigenvalue weighted by atomic mass is 10.1. The minimum atomic E-state index is -0.417. The van der Waals surface area contributed by atoms with Gasteiger partial charge in [-0.15, -0.1) is 0 Å². The summed E-state index contributed by atoms with van der Waals surface area (Å²) in [5, 5.41) is 3.65.